The van der Waals surface area contributed by atoms with Crippen molar-refractivity contribution in [3.05, 3.63) is 33.4 Å². The first-order chi connectivity index (χ1) is 8.33. The van der Waals surface area contributed by atoms with Crippen LogP contribution in [0.4, 0.5) is 0 Å². The smallest absolute Gasteiger partial charge is 0.215 e. The van der Waals surface area contributed by atoms with Crippen LogP contribution >= 0.6 is 22.6 Å². The minimum absolute atomic E-state index is 0.00115. The van der Waals surface area contributed by atoms with Crippen LogP contribution in [0.15, 0.2) is 32.7 Å². The Kier molecular flexibility index (Phi) is 3.75. The molecule has 0 aromatic heterocycles. The number of ether oxygens (including phenoxy) is 1. The van der Waals surface area contributed by atoms with Crippen LogP contribution in [0.2, 0.25) is 0 Å². The number of halogens is 1. The van der Waals surface area contributed by atoms with Crippen molar-refractivity contribution in [2.24, 2.45) is 0 Å². The van der Waals surface area contributed by atoms with Gasteiger partial charge in [-0.1, -0.05) is 0 Å². The van der Waals surface area contributed by atoms with Gasteiger partial charge >= 0.3 is 0 Å². The van der Waals surface area contributed by atoms with Crippen molar-refractivity contribution in [1.29, 1.82) is 0 Å². The zero-order chi connectivity index (χ0) is 13.5. The van der Waals surface area contributed by atoms with Gasteiger partial charge in [-0.15, -0.1) is 0 Å². The van der Waals surface area contributed by atoms with Crippen LogP contribution < -0.4 is 0 Å². The largest absolute Gasteiger partial charge is 0.612 e. The lowest BCUT2D eigenvalue weighted by Gasteiger charge is -2.17. The molecule has 2 rings (SSSR count). The van der Waals surface area contributed by atoms with E-state index in [1.165, 1.54) is 0 Å². The first-order valence-electron chi connectivity index (χ1n) is 5.40. The van der Waals surface area contributed by atoms with Gasteiger partial charge < -0.3 is 9.29 Å². The van der Waals surface area contributed by atoms with Gasteiger partial charge in [0.25, 0.3) is 0 Å². The molecular weight excluding hydrogens is 363 g/mol. The summed E-state index contributed by atoms with van der Waals surface area (Å²) in [6, 6.07) is 7.25. The Bertz CT molecular complexity index is 518. The first kappa shape index (κ1) is 13.9. The molecule has 1 unspecified atom stereocenters. The highest BCUT2D eigenvalue weighted by Crippen LogP contribution is 2.39. The van der Waals surface area contributed by atoms with Gasteiger partial charge in [-0.3, -0.25) is 4.79 Å². The molecule has 1 aromatic rings. The SMILES string of the molecule is C[S+]([O-])c1ccc(C2=C(I)C(=O)C(C)(C)O2)cc1. The van der Waals surface area contributed by atoms with E-state index in [-0.39, 0.29) is 5.78 Å². The van der Waals surface area contributed by atoms with Gasteiger partial charge in [-0.25, -0.2) is 0 Å². The molecule has 18 heavy (non-hydrogen) atoms. The highest BCUT2D eigenvalue weighted by molar-refractivity contribution is 14.1. The molecule has 0 spiro atoms. The van der Waals surface area contributed by atoms with E-state index < -0.39 is 16.8 Å². The average Bonchev–Trinajstić information content (AvgIpc) is 2.53. The standard InChI is InChI=1S/C13H13IO3S/c1-13(2)12(15)10(14)11(17-13)8-4-6-9(7-5-8)18(3)16/h4-7H,1-3H3. The Morgan fingerprint density at radius 2 is 1.83 bits per heavy atom. The Morgan fingerprint density at radius 3 is 2.22 bits per heavy atom. The Labute approximate surface area is 123 Å². The van der Waals surface area contributed by atoms with Crippen molar-refractivity contribution in [3.63, 3.8) is 0 Å². The molecule has 0 aliphatic carbocycles. The van der Waals surface area contributed by atoms with Crippen molar-refractivity contribution in [1.82, 2.24) is 0 Å². The number of hydrogen-bond acceptors (Lipinski definition) is 3. The second kappa shape index (κ2) is 4.86. The van der Waals surface area contributed by atoms with Gasteiger partial charge in [-0.05, 0) is 71.9 Å². The van der Waals surface area contributed by atoms with E-state index in [2.05, 4.69) is 0 Å². The van der Waals surface area contributed by atoms with Gasteiger partial charge in [0.1, 0.15) is 15.6 Å². The molecule has 0 fully saturated rings. The molecule has 1 aliphatic heterocycles. The van der Waals surface area contributed by atoms with E-state index in [4.69, 9.17) is 4.74 Å². The molecule has 1 aromatic carbocycles. The third-order valence-corrected chi connectivity index (χ3v) is 4.67. The fourth-order valence-electron chi connectivity index (χ4n) is 1.70. The monoisotopic (exact) mass is 376 g/mol. The maximum atomic E-state index is 11.9. The van der Waals surface area contributed by atoms with Crippen molar-refractivity contribution in [2.45, 2.75) is 24.3 Å². The molecule has 1 atom stereocenters. The molecule has 0 saturated carbocycles. The van der Waals surface area contributed by atoms with E-state index in [1.807, 2.05) is 34.7 Å². The molecule has 3 nitrogen and oxygen atoms in total. The van der Waals surface area contributed by atoms with Crippen LogP contribution in [0.1, 0.15) is 19.4 Å². The molecule has 1 aliphatic rings. The summed E-state index contributed by atoms with van der Waals surface area (Å²) in [5, 5.41) is 0. The van der Waals surface area contributed by atoms with Crippen LogP contribution in [0, 0.1) is 0 Å². The van der Waals surface area contributed by atoms with Gasteiger partial charge in [-0.2, -0.15) is 0 Å². The zero-order valence-electron chi connectivity index (χ0n) is 10.3. The summed E-state index contributed by atoms with van der Waals surface area (Å²) >= 11 is 1.02. The highest BCUT2D eigenvalue weighted by Gasteiger charge is 2.41. The first-order valence-corrected chi connectivity index (χ1v) is 8.04. The molecule has 0 radical (unpaired) electrons. The summed E-state index contributed by atoms with van der Waals surface area (Å²) in [4.78, 5) is 12.7. The number of hydrogen-bond donors (Lipinski definition) is 0. The molecule has 96 valence electrons. The quantitative estimate of drug-likeness (QED) is 0.589. The number of benzene rings is 1. The molecule has 0 bridgehead atoms. The van der Waals surface area contributed by atoms with Crippen LogP contribution in [0.5, 0.6) is 0 Å². The Balaban J connectivity index is 2.36. The van der Waals surface area contributed by atoms with Crippen LogP contribution in [0.3, 0.4) is 0 Å². The normalized spacial score (nSPS) is 19.9. The summed E-state index contributed by atoms with van der Waals surface area (Å²) in [5.41, 5.74) is 0.0468. The van der Waals surface area contributed by atoms with Gasteiger partial charge in [0.2, 0.25) is 5.78 Å². The second-order valence-corrected chi connectivity index (χ2v) is 7.02. The van der Waals surface area contributed by atoms with Gasteiger partial charge in [0, 0.05) is 5.56 Å². The predicted molar refractivity (Wildman–Crippen MR) is 79.9 cm³/mol. The minimum Gasteiger partial charge on any atom is -0.612 e. The summed E-state index contributed by atoms with van der Waals surface area (Å²) < 4.78 is 17.6. The number of ketones is 1. The lowest BCUT2D eigenvalue weighted by atomic mass is 10.1. The number of rotatable bonds is 2. The fraction of sp³-hybridized carbons (Fsp3) is 0.308. The zero-order valence-corrected chi connectivity index (χ0v) is 13.3. The lowest BCUT2D eigenvalue weighted by molar-refractivity contribution is -0.125. The van der Waals surface area contributed by atoms with Gasteiger partial charge in [0.15, 0.2) is 10.5 Å². The summed E-state index contributed by atoms with van der Waals surface area (Å²) in [7, 11) is 0. The van der Waals surface area contributed by atoms with Gasteiger partial charge in [0.05, 0.1) is 0 Å². The van der Waals surface area contributed by atoms with Crippen LogP contribution in [0.25, 0.3) is 5.76 Å². The number of carbonyl (C=O) groups excluding carboxylic acids is 1. The van der Waals surface area contributed by atoms with E-state index in [1.54, 1.807) is 32.2 Å². The van der Waals surface area contributed by atoms with Crippen LogP contribution in [-0.4, -0.2) is 22.2 Å². The molecule has 0 amide bonds. The summed E-state index contributed by atoms with van der Waals surface area (Å²) in [6.07, 6.45) is 1.64. The predicted octanol–water partition coefficient (Wildman–Crippen LogP) is 2.91. The summed E-state index contributed by atoms with van der Waals surface area (Å²) in [6.45, 7) is 3.52. The van der Waals surface area contributed by atoms with Crippen molar-refractivity contribution in [2.75, 3.05) is 6.26 Å². The lowest BCUT2D eigenvalue weighted by Crippen LogP contribution is -2.28. The molecule has 0 saturated heterocycles. The average molecular weight is 376 g/mol. The summed E-state index contributed by atoms with van der Waals surface area (Å²) in [5.74, 6) is 0.611. The third-order valence-electron chi connectivity index (χ3n) is 2.75. The van der Waals surface area contributed by atoms with E-state index in [0.717, 1.165) is 10.5 Å². The molecule has 5 heteroatoms. The topological polar surface area (TPSA) is 49.4 Å². The molecule has 0 N–H and O–H groups in total. The van der Waals surface area contributed by atoms with Crippen LogP contribution in [-0.2, 0) is 20.7 Å². The van der Waals surface area contributed by atoms with E-state index in [0.29, 0.717) is 9.34 Å². The third kappa shape index (κ3) is 2.44. The fourth-order valence-corrected chi connectivity index (χ4v) is 3.29. The number of Topliss-reactive ketones (excluding diaryl/α,β-unsaturated/α-hetero) is 1. The highest BCUT2D eigenvalue weighted by atomic mass is 127. The Morgan fingerprint density at radius 1 is 1.28 bits per heavy atom. The number of carbonyl (C=O) groups is 1. The van der Waals surface area contributed by atoms with Crippen molar-refractivity contribution in [3.8, 4) is 0 Å². The maximum Gasteiger partial charge on any atom is 0.215 e. The molecule has 1 heterocycles. The van der Waals surface area contributed by atoms with E-state index >= 15 is 0 Å². The van der Waals surface area contributed by atoms with Crippen molar-refractivity contribution < 1.29 is 14.1 Å². The second-order valence-electron chi connectivity index (χ2n) is 4.56. The Hall–Kier alpha value is -0.530. The van der Waals surface area contributed by atoms with E-state index in [9.17, 15) is 9.35 Å². The van der Waals surface area contributed by atoms with Crippen molar-refractivity contribution >= 4 is 45.3 Å². The maximum absolute atomic E-state index is 11.9. The minimum atomic E-state index is -0.995. The molecular formula is C13H13IO3S.